The van der Waals surface area contributed by atoms with Gasteiger partial charge < -0.3 is 9.47 Å². The van der Waals surface area contributed by atoms with Crippen molar-refractivity contribution in [1.29, 1.82) is 0 Å². The highest BCUT2D eigenvalue weighted by Crippen LogP contribution is 2.01. The van der Waals surface area contributed by atoms with Crippen LogP contribution < -0.4 is 0 Å². The molecule has 0 aromatic rings. The molecule has 0 bridgehead atoms. The Labute approximate surface area is 105 Å². The van der Waals surface area contributed by atoms with E-state index < -0.39 is 12.3 Å². The van der Waals surface area contributed by atoms with Crippen LogP contribution in [0.4, 0.5) is 9.59 Å². The van der Waals surface area contributed by atoms with Crippen LogP contribution >= 0.6 is 0 Å². The SMILES string of the molecule is CCC(C)OC(=O)OOOOC(=O)OC(C)CC. The Hall–Kier alpha value is -1.54. The molecule has 106 valence electrons. The van der Waals surface area contributed by atoms with Gasteiger partial charge in [0.05, 0.1) is 0 Å². The highest BCUT2D eigenvalue weighted by atomic mass is 17.7. The van der Waals surface area contributed by atoms with Crippen LogP contribution in [0.25, 0.3) is 0 Å². The van der Waals surface area contributed by atoms with Crippen molar-refractivity contribution < 1.29 is 38.9 Å². The Kier molecular flexibility index (Phi) is 8.67. The molecule has 2 atom stereocenters. The minimum atomic E-state index is -1.11. The first-order chi connectivity index (χ1) is 8.49. The number of rotatable bonds is 7. The van der Waals surface area contributed by atoms with E-state index >= 15 is 0 Å². The quantitative estimate of drug-likeness (QED) is 0.300. The Balaban J connectivity index is 3.55. The predicted molar refractivity (Wildman–Crippen MR) is 56.8 cm³/mol. The molecule has 8 nitrogen and oxygen atoms in total. The van der Waals surface area contributed by atoms with E-state index in [1.807, 2.05) is 13.8 Å². The normalized spacial score (nSPS) is 13.3. The van der Waals surface area contributed by atoms with Gasteiger partial charge >= 0.3 is 12.3 Å². The smallest absolute Gasteiger partial charge is 0.429 e. The summed E-state index contributed by atoms with van der Waals surface area (Å²) in [4.78, 5) is 29.7. The molecule has 0 aliphatic rings. The third-order valence-corrected chi connectivity index (χ3v) is 1.98. The number of carbonyl (C=O) groups is 2. The van der Waals surface area contributed by atoms with Gasteiger partial charge in [0.1, 0.15) is 12.2 Å². The van der Waals surface area contributed by atoms with E-state index in [0.717, 1.165) is 0 Å². The minimum absolute atomic E-state index is 0.322. The molecule has 8 heteroatoms. The monoisotopic (exact) mass is 266 g/mol. The summed E-state index contributed by atoms with van der Waals surface area (Å²) in [5, 5.41) is 7.66. The van der Waals surface area contributed by atoms with E-state index in [2.05, 4.69) is 29.3 Å². The van der Waals surface area contributed by atoms with Gasteiger partial charge in [0.25, 0.3) is 0 Å². The second kappa shape index (κ2) is 9.49. The van der Waals surface area contributed by atoms with Gasteiger partial charge in [-0.05, 0) is 26.7 Å². The molecule has 18 heavy (non-hydrogen) atoms. The van der Waals surface area contributed by atoms with E-state index in [-0.39, 0.29) is 12.2 Å². The molecule has 0 spiro atoms. The molecule has 0 saturated carbocycles. The number of carbonyl (C=O) groups excluding carboxylic acids is 2. The molecule has 2 unspecified atom stereocenters. The van der Waals surface area contributed by atoms with Crippen LogP contribution in [0.1, 0.15) is 40.5 Å². The van der Waals surface area contributed by atoms with E-state index in [1.165, 1.54) is 0 Å². The van der Waals surface area contributed by atoms with Crippen LogP contribution in [-0.4, -0.2) is 24.5 Å². The fourth-order valence-electron chi connectivity index (χ4n) is 0.618. The van der Waals surface area contributed by atoms with Crippen molar-refractivity contribution in [1.82, 2.24) is 0 Å². The molecular weight excluding hydrogens is 248 g/mol. The Bertz CT molecular complexity index is 228. The molecule has 0 aromatic heterocycles. The number of hydrogen-bond donors (Lipinski definition) is 0. The topological polar surface area (TPSA) is 89.5 Å². The summed E-state index contributed by atoms with van der Waals surface area (Å²) in [7, 11) is 0. The summed E-state index contributed by atoms with van der Waals surface area (Å²) >= 11 is 0. The molecule has 0 amide bonds. The summed E-state index contributed by atoms with van der Waals surface area (Å²) in [5.41, 5.74) is 0. The van der Waals surface area contributed by atoms with Gasteiger partial charge in [0.15, 0.2) is 0 Å². The standard InChI is InChI=1S/C10H18O8/c1-5-7(3)13-9(11)15-17-18-16-10(12)14-8(4)6-2/h7-8H,5-6H2,1-4H3. The fraction of sp³-hybridized carbons (Fsp3) is 0.800. The largest absolute Gasteiger partial charge is 0.542 e. The molecule has 0 saturated heterocycles. The molecule has 0 aliphatic carbocycles. The van der Waals surface area contributed by atoms with Gasteiger partial charge in [-0.15, -0.1) is 0 Å². The molecule has 0 aliphatic heterocycles. The van der Waals surface area contributed by atoms with Crippen molar-refractivity contribution in [2.75, 3.05) is 0 Å². The first kappa shape index (κ1) is 16.5. The lowest BCUT2D eigenvalue weighted by Gasteiger charge is -2.09. The van der Waals surface area contributed by atoms with Crippen molar-refractivity contribution in [2.45, 2.75) is 52.7 Å². The van der Waals surface area contributed by atoms with Crippen molar-refractivity contribution >= 4 is 12.3 Å². The van der Waals surface area contributed by atoms with E-state index in [1.54, 1.807) is 13.8 Å². The lowest BCUT2D eigenvalue weighted by atomic mass is 10.3. The Morgan fingerprint density at radius 1 is 0.833 bits per heavy atom. The van der Waals surface area contributed by atoms with Crippen LogP contribution in [0.3, 0.4) is 0 Å². The van der Waals surface area contributed by atoms with Gasteiger partial charge in [-0.2, -0.15) is 0 Å². The summed E-state index contributed by atoms with van der Waals surface area (Å²) in [6, 6.07) is 0. The van der Waals surface area contributed by atoms with Crippen LogP contribution in [0.15, 0.2) is 0 Å². The fourth-order valence-corrected chi connectivity index (χ4v) is 0.618. The van der Waals surface area contributed by atoms with Crippen LogP contribution in [0.2, 0.25) is 0 Å². The molecule has 0 radical (unpaired) electrons. The van der Waals surface area contributed by atoms with Crippen molar-refractivity contribution in [3.8, 4) is 0 Å². The molecule has 0 heterocycles. The van der Waals surface area contributed by atoms with Crippen molar-refractivity contribution in [3.05, 3.63) is 0 Å². The summed E-state index contributed by atoms with van der Waals surface area (Å²) in [6.07, 6.45) is -1.62. The van der Waals surface area contributed by atoms with Crippen molar-refractivity contribution in [2.24, 2.45) is 0 Å². The second-order valence-electron chi connectivity index (χ2n) is 3.48. The zero-order valence-electron chi connectivity index (χ0n) is 10.8. The van der Waals surface area contributed by atoms with E-state index in [0.29, 0.717) is 12.8 Å². The maximum Gasteiger partial charge on any atom is 0.542 e. The zero-order chi connectivity index (χ0) is 14.0. The first-order valence-electron chi connectivity index (χ1n) is 5.58. The lowest BCUT2D eigenvalue weighted by Crippen LogP contribution is -2.18. The van der Waals surface area contributed by atoms with Crippen LogP contribution in [0, 0.1) is 0 Å². The van der Waals surface area contributed by atoms with E-state index in [4.69, 9.17) is 0 Å². The summed E-state index contributed by atoms with van der Waals surface area (Å²) in [6.45, 7) is 6.98. The van der Waals surface area contributed by atoms with Gasteiger partial charge in [-0.3, -0.25) is 0 Å². The first-order valence-corrected chi connectivity index (χ1v) is 5.58. The third-order valence-electron chi connectivity index (χ3n) is 1.98. The minimum Gasteiger partial charge on any atom is -0.429 e. The average molecular weight is 266 g/mol. The third kappa shape index (κ3) is 8.59. The van der Waals surface area contributed by atoms with E-state index in [9.17, 15) is 9.59 Å². The zero-order valence-corrected chi connectivity index (χ0v) is 10.8. The van der Waals surface area contributed by atoms with Crippen LogP contribution in [-0.2, 0) is 29.3 Å². The maximum atomic E-state index is 10.9. The lowest BCUT2D eigenvalue weighted by molar-refractivity contribution is -0.601. The molecular formula is C10H18O8. The highest BCUT2D eigenvalue weighted by molar-refractivity contribution is 5.59. The predicted octanol–water partition coefficient (Wildman–Crippen LogP) is 2.67. The van der Waals surface area contributed by atoms with Gasteiger partial charge in [-0.1, -0.05) is 13.8 Å². The Morgan fingerprint density at radius 2 is 1.17 bits per heavy atom. The molecule has 0 N–H and O–H groups in total. The highest BCUT2D eigenvalue weighted by Gasteiger charge is 2.13. The summed E-state index contributed by atoms with van der Waals surface area (Å²) < 4.78 is 9.30. The van der Waals surface area contributed by atoms with Gasteiger partial charge in [0, 0.05) is 10.1 Å². The van der Waals surface area contributed by atoms with Crippen molar-refractivity contribution in [3.63, 3.8) is 0 Å². The number of hydrogen-bond acceptors (Lipinski definition) is 8. The van der Waals surface area contributed by atoms with Crippen LogP contribution in [0.5, 0.6) is 0 Å². The number of ether oxygens (including phenoxy) is 2. The summed E-state index contributed by atoms with van der Waals surface area (Å²) in [5.74, 6) is 0. The van der Waals surface area contributed by atoms with Gasteiger partial charge in [0.2, 0.25) is 0 Å². The Morgan fingerprint density at radius 3 is 1.44 bits per heavy atom. The van der Waals surface area contributed by atoms with Gasteiger partial charge in [-0.25, -0.2) is 19.4 Å². The average Bonchev–Trinajstić information content (AvgIpc) is 2.34. The molecule has 0 rings (SSSR count). The molecule has 0 aromatic carbocycles. The maximum absolute atomic E-state index is 10.9. The second-order valence-corrected chi connectivity index (χ2v) is 3.48. The molecule has 0 fully saturated rings.